The van der Waals surface area contributed by atoms with E-state index in [0.717, 1.165) is 62.7 Å². The lowest BCUT2D eigenvalue weighted by molar-refractivity contribution is -0.137. The van der Waals surface area contributed by atoms with Crippen LogP contribution in [0.4, 0.5) is 0 Å². The lowest BCUT2D eigenvalue weighted by atomic mass is 9.67. The molecule has 0 atom stereocenters. The van der Waals surface area contributed by atoms with Crippen LogP contribution < -0.4 is 5.73 Å². The maximum absolute atomic E-state index is 14.2. The van der Waals surface area contributed by atoms with Crippen molar-refractivity contribution in [2.45, 2.75) is 69.7 Å². The zero-order valence-electron chi connectivity index (χ0n) is 18.1. The molecule has 0 saturated carbocycles. The van der Waals surface area contributed by atoms with Gasteiger partial charge in [-0.1, -0.05) is 74.5 Å². The Labute approximate surface area is 176 Å². The molecule has 0 aliphatic carbocycles. The number of piperidine rings is 1. The van der Waals surface area contributed by atoms with Gasteiger partial charge in [0, 0.05) is 18.6 Å². The Hall–Kier alpha value is -2.13. The molecule has 2 aromatic rings. The lowest BCUT2D eigenvalue weighted by Crippen LogP contribution is -2.51. The van der Waals surface area contributed by atoms with E-state index in [-0.39, 0.29) is 11.4 Å². The van der Waals surface area contributed by atoms with Gasteiger partial charge in [0.1, 0.15) is 0 Å². The molecule has 2 aromatic carbocycles. The highest BCUT2D eigenvalue weighted by atomic mass is 16.2. The van der Waals surface area contributed by atoms with Crippen LogP contribution in [0.1, 0.15) is 69.9 Å². The van der Waals surface area contributed by atoms with E-state index in [1.165, 1.54) is 6.42 Å². The molecule has 0 spiro atoms. The van der Waals surface area contributed by atoms with Crippen LogP contribution >= 0.6 is 0 Å². The van der Waals surface area contributed by atoms with Crippen LogP contribution in [0.5, 0.6) is 0 Å². The van der Waals surface area contributed by atoms with Crippen LogP contribution in [0.2, 0.25) is 0 Å². The SMILES string of the molecule is CCC(N)(CC)CCC(C(=O)N1CCCCC1)(c1ccccc1)c1ccccc1. The molecule has 1 aliphatic rings. The second-order valence-corrected chi connectivity index (χ2v) is 8.56. The number of nitrogens with two attached hydrogens (primary N) is 1. The van der Waals surface area contributed by atoms with Crippen LogP contribution in [-0.4, -0.2) is 29.4 Å². The Morgan fingerprint density at radius 3 is 1.76 bits per heavy atom. The van der Waals surface area contributed by atoms with E-state index in [4.69, 9.17) is 5.73 Å². The van der Waals surface area contributed by atoms with Crippen LogP contribution in [-0.2, 0) is 10.2 Å². The Bertz CT molecular complexity index is 722. The Morgan fingerprint density at radius 2 is 1.31 bits per heavy atom. The molecule has 0 bridgehead atoms. The fourth-order valence-electron chi connectivity index (χ4n) is 4.66. The first-order valence-electron chi connectivity index (χ1n) is 11.2. The molecule has 1 aliphatic heterocycles. The van der Waals surface area contributed by atoms with Crippen molar-refractivity contribution in [2.75, 3.05) is 13.1 Å². The predicted octanol–water partition coefficient (Wildman–Crippen LogP) is 5.28. The smallest absolute Gasteiger partial charge is 0.237 e. The molecule has 3 heteroatoms. The first kappa shape index (κ1) is 21.6. The monoisotopic (exact) mass is 392 g/mol. The minimum atomic E-state index is -0.686. The second-order valence-electron chi connectivity index (χ2n) is 8.56. The van der Waals surface area contributed by atoms with E-state index in [2.05, 4.69) is 43.0 Å². The molecule has 29 heavy (non-hydrogen) atoms. The van der Waals surface area contributed by atoms with Crippen molar-refractivity contribution in [2.24, 2.45) is 5.73 Å². The molecule has 0 radical (unpaired) electrons. The summed E-state index contributed by atoms with van der Waals surface area (Å²) in [6.45, 7) is 6.02. The van der Waals surface area contributed by atoms with Crippen molar-refractivity contribution >= 4 is 5.91 Å². The molecule has 1 heterocycles. The lowest BCUT2D eigenvalue weighted by Gasteiger charge is -2.41. The Morgan fingerprint density at radius 1 is 0.828 bits per heavy atom. The van der Waals surface area contributed by atoms with Crippen molar-refractivity contribution < 1.29 is 4.79 Å². The molecule has 0 aromatic heterocycles. The largest absolute Gasteiger partial charge is 0.342 e. The summed E-state index contributed by atoms with van der Waals surface area (Å²) >= 11 is 0. The number of hydrogen-bond acceptors (Lipinski definition) is 2. The van der Waals surface area contributed by atoms with Gasteiger partial charge in [0.2, 0.25) is 5.91 Å². The van der Waals surface area contributed by atoms with E-state index in [9.17, 15) is 4.79 Å². The number of rotatable bonds is 8. The fourth-order valence-corrected chi connectivity index (χ4v) is 4.66. The van der Waals surface area contributed by atoms with Gasteiger partial charge in [-0.2, -0.15) is 0 Å². The highest BCUT2D eigenvalue weighted by molar-refractivity contribution is 5.92. The minimum absolute atomic E-state index is 0.239. The number of amides is 1. The van der Waals surface area contributed by atoms with Crippen molar-refractivity contribution in [1.82, 2.24) is 4.90 Å². The summed E-state index contributed by atoms with van der Waals surface area (Å²) in [5, 5.41) is 0. The second kappa shape index (κ2) is 9.58. The first-order valence-corrected chi connectivity index (χ1v) is 11.2. The van der Waals surface area contributed by atoms with Crippen LogP contribution in [0.25, 0.3) is 0 Å². The standard InChI is InChI=1S/C26H36N2O/c1-3-25(27,4-2)18-19-26(22-14-8-5-9-15-22,23-16-10-6-11-17-23)24(29)28-20-12-7-13-21-28/h5-6,8-11,14-17H,3-4,7,12-13,18-21,27H2,1-2H3. The van der Waals surface area contributed by atoms with Gasteiger partial charge in [-0.25, -0.2) is 0 Å². The normalized spacial score (nSPS) is 15.3. The van der Waals surface area contributed by atoms with Gasteiger partial charge >= 0.3 is 0 Å². The highest BCUT2D eigenvalue weighted by Gasteiger charge is 2.45. The van der Waals surface area contributed by atoms with E-state index in [0.29, 0.717) is 0 Å². The molecule has 1 saturated heterocycles. The topological polar surface area (TPSA) is 46.3 Å². The van der Waals surface area contributed by atoms with Crippen molar-refractivity contribution in [1.29, 1.82) is 0 Å². The fraction of sp³-hybridized carbons (Fsp3) is 0.500. The Kier molecular flexibility index (Phi) is 7.13. The summed E-state index contributed by atoms with van der Waals surface area (Å²) in [5.41, 5.74) is 7.95. The first-order chi connectivity index (χ1) is 14.1. The number of nitrogens with zero attached hydrogens (tertiary/aromatic N) is 1. The van der Waals surface area contributed by atoms with Gasteiger partial charge < -0.3 is 10.6 Å². The number of carbonyl (C=O) groups is 1. The molecular weight excluding hydrogens is 356 g/mol. The maximum Gasteiger partial charge on any atom is 0.237 e. The van der Waals surface area contributed by atoms with Crippen LogP contribution in [0, 0.1) is 0 Å². The molecule has 2 N–H and O–H groups in total. The third-order valence-corrected chi connectivity index (χ3v) is 6.95. The summed E-state index contributed by atoms with van der Waals surface area (Å²) in [7, 11) is 0. The summed E-state index contributed by atoms with van der Waals surface area (Å²) in [4.78, 5) is 16.3. The minimum Gasteiger partial charge on any atom is -0.342 e. The van der Waals surface area contributed by atoms with Gasteiger partial charge in [-0.3, -0.25) is 4.79 Å². The number of likely N-dealkylation sites (tertiary alicyclic amines) is 1. The predicted molar refractivity (Wildman–Crippen MR) is 121 cm³/mol. The van der Waals surface area contributed by atoms with Gasteiger partial charge in [0.25, 0.3) is 0 Å². The summed E-state index contributed by atoms with van der Waals surface area (Å²) in [5.74, 6) is 0.240. The summed E-state index contributed by atoms with van der Waals surface area (Å²) in [6, 6.07) is 20.7. The van der Waals surface area contributed by atoms with Gasteiger partial charge in [0.15, 0.2) is 0 Å². The molecule has 3 rings (SSSR count). The third kappa shape index (κ3) is 4.56. The van der Waals surface area contributed by atoms with Crippen LogP contribution in [0.3, 0.4) is 0 Å². The summed E-state index contributed by atoms with van der Waals surface area (Å²) < 4.78 is 0. The molecule has 3 nitrogen and oxygen atoms in total. The van der Waals surface area contributed by atoms with Crippen molar-refractivity contribution in [3.05, 3.63) is 71.8 Å². The zero-order valence-corrected chi connectivity index (χ0v) is 18.1. The molecular formula is C26H36N2O. The molecule has 1 fully saturated rings. The van der Waals surface area contributed by atoms with E-state index >= 15 is 0 Å². The van der Waals surface area contributed by atoms with Gasteiger partial charge in [-0.15, -0.1) is 0 Å². The highest BCUT2D eigenvalue weighted by Crippen LogP contribution is 2.41. The summed E-state index contributed by atoms with van der Waals surface area (Å²) in [6.07, 6.45) is 6.79. The molecule has 156 valence electrons. The average Bonchev–Trinajstić information content (AvgIpc) is 2.81. The van der Waals surface area contributed by atoms with Crippen LogP contribution in [0.15, 0.2) is 60.7 Å². The number of hydrogen-bond donors (Lipinski definition) is 1. The average molecular weight is 393 g/mol. The van der Waals surface area contributed by atoms with E-state index in [1.807, 2.05) is 36.4 Å². The number of benzene rings is 2. The number of carbonyl (C=O) groups excluding carboxylic acids is 1. The van der Waals surface area contributed by atoms with Gasteiger partial charge in [0.05, 0.1) is 5.41 Å². The quantitative estimate of drug-likeness (QED) is 0.664. The molecule has 0 unspecified atom stereocenters. The van der Waals surface area contributed by atoms with Crippen molar-refractivity contribution in [3.8, 4) is 0 Å². The Balaban J connectivity index is 2.12. The van der Waals surface area contributed by atoms with Gasteiger partial charge in [-0.05, 0) is 56.1 Å². The maximum atomic E-state index is 14.2. The third-order valence-electron chi connectivity index (χ3n) is 6.95. The van der Waals surface area contributed by atoms with E-state index in [1.54, 1.807) is 0 Å². The van der Waals surface area contributed by atoms with Crippen molar-refractivity contribution in [3.63, 3.8) is 0 Å². The zero-order chi connectivity index (χ0) is 20.7. The van der Waals surface area contributed by atoms with E-state index < -0.39 is 5.41 Å². The molecule has 1 amide bonds.